The average molecular weight is 173 g/mol. The lowest BCUT2D eigenvalue weighted by atomic mass is 10.2. The van der Waals surface area contributed by atoms with Crippen LogP contribution in [0.15, 0.2) is 12.1 Å². The lowest BCUT2D eigenvalue weighted by molar-refractivity contribution is 0.385. The Morgan fingerprint density at radius 2 is 2.17 bits per heavy atom. The molecule has 4 heteroatoms. The topological polar surface area (TPSA) is 35.2 Å². The maximum atomic E-state index is 12.9. The number of rotatable bonds is 2. The minimum Gasteiger partial charge on any atom is -0.494 e. The van der Waals surface area contributed by atoms with Crippen molar-refractivity contribution in [1.29, 1.82) is 0 Å². The van der Waals surface area contributed by atoms with Gasteiger partial charge in [-0.3, -0.25) is 0 Å². The summed E-state index contributed by atoms with van der Waals surface area (Å²) < 4.78 is 29.7. The predicted molar refractivity (Wildman–Crippen MR) is 42.2 cm³/mol. The lowest BCUT2D eigenvalue weighted by Crippen LogP contribution is -1.96. The second kappa shape index (κ2) is 3.38. The van der Waals surface area contributed by atoms with Crippen molar-refractivity contribution in [1.82, 2.24) is 0 Å². The second-order valence-corrected chi connectivity index (χ2v) is 2.33. The molecule has 0 atom stereocenters. The Balaban J connectivity index is 3.19. The highest BCUT2D eigenvalue weighted by Gasteiger charge is 2.08. The Morgan fingerprint density at radius 1 is 1.50 bits per heavy atom. The van der Waals surface area contributed by atoms with Gasteiger partial charge in [0.15, 0.2) is 11.6 Å². The van der Waals surface area contributed by atoms with E-state index in [1.807, 2.05) is 0 Å². The van der Waals surface area contributed by atoms with Crippen molar-refractivity contribution in [2.75, 3.05) is 12.8 Å². The number of benzene rings is 1. The zero-order valence-corrected chi connectivity index (χ0v) is 6.60. The van der Waals surface area contributed by atoms with E-state index in [0.717, 1.165) is 0 Å². The Hall–Kier alpha value is -1.32. The minimum atomic E-state index is -0.680. The Morgan fingerprint density at radius 3 is 2.67 bits per heavy atom. The third-order valence-electron chi connectivity index (χ3n) is 1.50. The average Bonchev–Trinajstić information content (AvgIpc) is 2.09. The van der Waals surface area contributed by atoms with Crippen LogP contribution < -0.4 is 10.5 Å². The van der Waals surface area contributed by atoms with Crippen molar-refractivity contribution < 1.29 is 13.5 Å². The number of ether oxygens (including phenoxy) is 1. The molecule has 0 radical (unpaired) electrons. The van der Waals surface area contributed by atoms with Crippen LogP contribution >= 0.6 is 0 Å². The first-order chi connectivity index (χ1) is 5.69. The smallest absolute Gasteiger partial charge is 0.187 e. The standard InChI is InChI=1S/C8H9F2NO/c1-12-7-3-5(4-9)2-6(11)8(7)10/h2-3H,4,11H2,1H3. The molecule has 0 aliphatic carbocycles. The van der Waals surface area contributed by atoms with Gasteiger partial charge in [0, 0.05) is 0 Å². The van der Waals surface area contributed by atoms with E-state index < -0.39 is 12.5 Å². The summed E-state index contributed by atoms with van der Waals surface area (Å²) in [5, 5.41) is 0. The number of hydrogen-bond donors (Lipinski definition) is 1. The highest BCUT2D eigenvalue weighted by Crippen LogP contribution is 2.24. The number of nitrogen functional groups attached to an aromatic ring is 1. The normalized spacial score (nSPS) is 9.92. The predicted octanol–water partition coefficient (Wildman–Crippen LogP) is 1.89. The molecule has 0 aliphatic heterocycles. The van der Waals surface area contributed by atoms with Gasteiger partial charge >= 0.3 is 0 Å². The van der Waals surface area contributed by atoms with Gasteiger partial charge in [-0.2, -0.15) is 0 Å². The van der Waals surface area contributed by atoms with E-state index in [4.69, 9.17) is 5.73 Å². The molecule has 12 heavy (non-hydrogen) atoms. The van der Waals surface area contributed by atoms with E-state index in [0.29, 0.717) is 5.56 Å². The van der Waals surface area contributed by atoms with Crippen molar-refractivity contribution in [3.63, 3.8) is 0 Å². The van der Waals surface area contributed by atoms with Gasteiger partial charge in [-0.25, -0.2) is 8.78 Å². The van der Waals surface area contributed by atoms with Crippen LogP contribution in [0.1, 0.15) is 5.56 Å². The van der Waals surface area contributed by atoms with E-state index in [2.05, 4.69) is 4.74 Å². The summed E-state index contributed by atoms with van der Waals surface area (Å²) in [6.45, 7) is -0.680. The first kappa shape index (κ1) is 8.77. The molecule has 0 amide bonds. The zero-order chi connectivity index (χ0) is 9.14. The maximum Gasteiger partial charge on any atom is 0.187 e. The molecule has 0 spiro atoms. The van der Waals surface area contributed by atoms with Gasteiger partial charge in [0.05, 0.1) is 12.8 Å². The molecule has 2 nitrogen and oxygen atoms in total. The fourth-order valence-electron chi connectivity index (χ4n) is 0.904. The van der Waals surface area contributed by atoms with Crippen LogP contribution in [-0.2, 0) is 6.67 Å². The van der Waals surface area contributed by atoms with Crippen LogP contribution in [-0.4, -0.2) is 7.11 Å². The number of halogens is 2. The maximum absolute atomic E-state index is 12.9. The summed E-state index contributed by atoms with van der Waals surface area (Å²) in [6, 6.07) is 2.53. The minimum absolute atomic E-state index is 0.0253. The molecule has 0 aromatic heterocycles. The van der Waals surface area contributed by atoms with Crippen molar-refractivity contribution in [3.8, 4) is 5.75 Å². The molecular formula is C8H9F2NO. The van der Waals surface area contributed by atoms with Crippen molar-refractivity contribution in [2.24, 2.45) is 0 Å². The summed E-state index contributed by atoms with van der Waals surface area (Å²) in [4.78, 5) is 0. The molecule has 2 N–H and O–H groups in total. The third-order valence-corrected chi connectivity index (χ3v) is 1.50. The van der Waals surface area contributed by atoms with Crippen molar-refractivity contribution >= 4 is 5.69 Å². The number of nitrogens with two attached hydrogens (primary N) is 1. The van der Waals surface area contributed by atoms with Gasteiger partial charge in [-0.1, -0.05) is 0 Å². The number of methoxy groups -OCH3 is 1. The van der Waals surface area contributed by atoms with Crippen LogP contribution in [0.4, 0.5) is 14.5 Å². The number of anilines is 1. The van der Waals surface area contributed by atoms with E-state index in [1.54, 1.807) is 0 Å². The molecule has 0 bridgehead atoms. The van der Waals surface area contributed by atoms with Gasteiger partial charge in [0.1, 0.15) is 6.67 Å². The molecule has 1 aromatic rings. The van der Waals surface area contributed by atoms with Crippen molar-refractivity contribution in [2.45, 2.75) is 6.67 Å². The molecule has 0 unspecified atom stereocenters. The van der Waals surface area contributed by atoms with E-state index >= 15 is 0 Å². The Bertz CT molecular complexity index is 289. The number of alkyl halides is 1. The molecule has 0 heterocycles. The summed E-state index contributed by atoms with van der Waals surface area (Å²) >= 11 is 0. The first-order valence-electron chi connectivity index (χ1n) is 3.37. The molecule has 1 aromatic carbocycles. The molecule has 1 rings (SSSR count). The van der Waals surface area contributed by atoms with Gasteiger partial charge in [0.25, 0.3) is 0 Å². The van der Waals surface area contributed by atoms with Crippen molar-refractivity contribution in [3.05, 3.63) is 23.5 Å². The zero-order valence-electron chi connectivity index (χ0n) is 6.60. The molecule has 0 fully saturated rings. The largest absolute Gasteiger partial charge is 0.494 e. The van der Waals surface area contributed by atoms with E-state index in [9.17, 15) is 8.78 Å². The van der Waals surface area contributed by atoms with Gasteiger partial charge in [-0.05, 0) is 17.7 Å². The van der Waals surface area contributed by atoms with Crippen LogP contribution in [0.5, 0.6) is 5.75 Å². The molecular weight excluding hydrogens is 164 g/mol. The fourth-order valence-corrected chi connectivity index (χ4v) is 0.904. The van der Waals surface area contributed by atoms with Crippen LogP contribution in [0.25, 0.3) is 0 Å². The second-order valence-electron chi connectivity index (χ2n) is 2.33. The summed E-state index contributed by atoms with van der Waals surface area (Å²) in [7, 11) is 1.31. The highest BCUT2D eigenvalue weighted by atomic mass is 19.1. The SMILES string of the molecule is COc1cc(CF)cc(N)c1F. The molecule has 0 saturated carbocycles. The Labute approximate surface area is 68.9 Å². The first-order valence-corrected chi connectivity index (χ1v) is 3.37. The number of hydrogen-bond acceptors (Lipinski definition) is 2. The van der Waals surface area contributed by atoms with Gasteiger partial charge < -0.3 is 10.5 Å². The molecule has 0 aliphatic rings. The van der Waals surface area contributed by atoms with Crippen LogP contribution in [0.3, 0.4) is 0 Å². The van der Waals surface area contributed by atoms with Crippen LogP contribution in [0, 0.1) is 5.82 Å². The van der Waals surface area contributed by atoms with E-state index in [1.165, 1.54) is 19.2 Å². The summed E-state index contributed by atoms with van der Waals surface area (Å²) in [5.41, 5.74) is 5.47. The van der Waals surface area contributed by atoms with Crippen LogP contribution in [0.2, 0.25) is 0 Å². The molecule has 66 valence electrons. The summed E-state index contributed by atoms with van der Waals surface area (Å²) in [5.74, 6) is -0.669. The van der Waals surface area contributed by atoms with Gasteiger partial charge in [0.2, 0.25) is 0 Å². The monoisotopic (exact) mass is 173 g/mol. The molecule has 0 saturated heterocycles. The Kier molecular flexibility index (Phi) is 2.47. The lowest BCUT2D eigenvalue weighted by Gasteiger charge is -2.05. The fraction of sp³-hybridized carbons (Fsp3) is 0.250. The summed E-state index contributed by atoms with van der Waals surface area (Å²) in [6.07, 6.45) is 0. The van der Waals surface area contributed by atoms with E-state index in [-0.39, 0.29) is 11.4 Å². The quantitative estimate of drug-likeness (QED) is 0.693. The third kappa shape index (κ3) is 1.47. The highest BCUT2D eigenvalue weighted by molar-refractivity contribution is 5.49. The van der Waals surface area contributed by atoms with Gasteiger partial charge in [-0.15, -0.1) is 0 Å².